The number of amides is 1. The Hall–Kier alpha value is -1.76. The minimum Gasteiger partial charge on any atom is -0.405 e. The molecule has 1 aromatic rings. The second kappa shape index (κ2) is 5.93. The van der Waals surface area contributed by atoms with E-state index in [4.69, 9.17) is 5.73 Å². The van der Waals surface area contributed by atoms with Crippen molar-refractivity contribution in [3.05, 3.63) is 29.8 Å². The van der Waals surface area contributed by atoms with Crippen LogP contribution in [0, 0.1) is 0 Å². The predicted octanol–water partition coefficient (Wildman–Crippen LogP) is 2.47. The molecular formula is C14H17F3N2O2. The Morgan fingerprint density at radius 3 is 2.52 bits per heavy atom. The summed E-state index contributed by atoms with van der Waals surface area (Å²) in [7, 11) is 0. The number of para-hydroxylation sites is 1. The predicted molar refractivity (Wildman–Crippen MR) is 70.4 cm³/mol. The molecule has 4 nitrogen and oxygen atoms in total. The van der Waals surface area contributed by atoms with Gasteiger partial charge in [-0.1, -0.05) is 31.0 Å². The molecule has 1 aliphatic carbocycles. The monoisotopic (exact) mass is 302 g/mol. The number of nitrogens with one attached hydrogen (secondary N) is 1. The molecule has 0 spiro atoms. The highest BCUT2D eigenvalue weighted by atomic mass is 19.4. The summed E-state index contributed by atoms with van der Waals surface area (Å²) >= 11 is 0. The van der Waals surface area contributed by atoms with Crippen LogP contribution in [0.15, 0.2) is 24.3 Å². The zero-order valence-electron chi connectivity index (χ0n) is 11.4. The average molecular weight is 302 g/mol. The molecule has 0 atom stereocenters. The smallest absolute Gasteiger partial charge is 0.405 e. The van der Waals surface area contributed by atoms with Crippen molar-refractivity contribution in [2.24, 2.45) is 5.73 Å². The molecule has 1 aromatic carbocycles. The van der Waals surface area contributed by atoms with Crippen LogP contribution in [0.2, 0.25) is 0 Å². The van der Waals surface area contributed by atoms with Crippen LogP contribution in [-0.2, 0) is 11.3 Å². The number of halogens is 3. The van der Waals surface area contributed by atoms with Gasteiger partial charge in [-0.2, -0.15) is 0 Å². The first-order valence-corrected chi connectivity index (χ1v) is 6.71. The third-order valence-corrected chi connectivity index (χ3v) is 3.59. The summed E-state index contributed by atoms with van der Waals surface area (Å²) in [6, 6.07) is 5.70. The van der Waals surface area contributed by atoms with Gasteiger partial charge < -0.3 is 15.8 Å². The summed E-state index contributed by atoms with van der Waals surface area (Å²) in [6.45, 7) is -0.0516. The first-order valence-electron chi connectivity index (χ1n) is 6.71. The first kappa shape index (κ1) is 15.6. The normalized spacial score (nSPS) is 17.5. The van der Waals surface area contributed by atoms with Crippen LogP contribution in [0.3, 0.4) is 0 Å². The second-order valence-electron chi connectivity index (χ2n) is 5.20. The Kier molecular flexibility index (Phi) is 4.41. The zero-order chi connectivity index (χ0) is 15.5. The fraction of sp³-hybridized carbons (Fsp3) is 0.500. The minimum atomic E-state index is -4.76. The number of hydrogen-bond donors (Lipinski definition) is 2. The van der Waals surface area contributed by atoms with E-state index in [1.165, 1.54) is 18.2 Å². The molecule has 0 saturated heterocycles. The largest absolute Gasteiger partial charge is 0.573 e. The van der Waals surface area contributed by atoms with Crippen molar-refractivity contribution in [1.29, 1.82) is 0 Å². The van der Waals surface area contributed by atoms with Gasteiger partial charge in [0.25, 0.3) is 0 Å². The molecule has 0 aliphatic heterocycles. The molecule has 1 amide bonds. The summed E-state index contributed by atoms with van der Waals surface area (Å²) in [4.78, 5) is 12.0. The van der Waals surface area contributed by atoms with E-state index in [1.807, 2.05) is 0 Å². The van der Waals surface area contributed by atoms with Crippen LogP contribution in [0.4, 0.5) is 13.2 Å². The summed E-state index contributed by atoms with van der Waals surface area (Å²) in [5.41, 5.74) is 5.33. The molecule has 116 valence electrons. The number of carbonyl (C=O) groups excluding carboxylic acids is 1. The number of rotatable bonds is 4. The van der Waals surface area contributed by atoms with E-state index < -0.39 is 11.9 Å². The highest BCUT2D eigenvalue weighted by Gasteiger charge is 2.37. The van der Waals surface area contributed by atoms with Crippen molar-refractivity contribution in [1.82, 2.24) is 5.32 Å². The van der Waals surface area contributed by atoms with Gasteiger partial charge in [0.1, 0.15) is 5.75 Å². The van der Waals surface area contributed by atoms with E-state index in [1.54, 1.807) is 6.07 Å². The number of alkyl halides is 3. The number of hydrogen-bond acceptors (Lipinski definition) is 3. The molecule has 0 unspecified atom stereocenters. The lowest BCUT2D eigenvalue weighted by Gasteiger charge is -2.22. The molecule has 0 bridgehead atoms. The number of ether oxygens (including phenoxy) is 1. The minimum absolute atomic E-state index is 0.0516. The molecule has 1 aliphatic rings. The van der Waals surface area contributed by atoms with Crippen molar-refractivity contribution in [3.8, 4) is 5.75 Å². The van der Waals surface area contributed by atoms with Crippen LogP contribution in [0.5, 0.6) is 5.75 Å². The Balaban J connectivity index is 2.01. The van der Waals surface area contributed by atoms with Crippen LogP contribution in [0.25, 0.3) is 0 Å². The first-order chi connectivity index (χ1) is 9.80. The molecule has 0 radical (unpaired) electrons. The van der Waals surface area contributed by atoms with E-state index in [0.717, 1.165) is 12.8 Å². The molecule has 2 rings (SSSR count). The summed E-state index contributed by atoms with van der Waals surface area (Å²) in [5, 5.41) is 2.60. The lowest BCUT2D eigenvalue weighted by molar-refractivity contribution is -0.274. The Morgan fingerprint density at radius 2 is 1.90 bits per heavy atom. The van der Waals surface area contributed by atoms with Crippen molar-refractivity contribution >= 4 is 5.91 Å². The van der Waals surface area contributed by atoms with Crippen molar-refractivity contribution in [2.45, 2.75) is 44.1 Å². The molecule has 0 heterocycles. The van der Waals surface area contributed by atoms with Gasteiger partial charge >= 0.3 is 6.36 Å². The van der Waals surface area contributed by atoms with Crippen molar-refractivity contribution in [2.75, 3.05) is 0 Å². The third kappa shape index (κ3) is 4.10. The van der Waals surface area contributed by atoms with Crippen LogP contribution >= 0.6 is 0 Å². The Labute approximate surface area is 120 Å². The van der Waals surface area contributed by atoms with Gasteiger partial charge in [-0.3, -0.25) is 4.79 Å². The van der Waals surface area contributed by atoms with Gasteiger partial charge in [0, 0.05) is 12.1 Å². The maximum absolute atomic E-state index is 12.3. The summed E-state index contributed by atoms with van der Waals surface area (Å²) < 4.78 is 40.8. The lowest BCUT2D eigenvalue weighted by atomic mass is 9.98. The SMILES string of the molecule is NC1(C(=O)NCc2ccccc2OC(F)(F)F)CCCC1. The van der Waals surface area contributed by atoms with Gasteiger partial charge in [0.2, 0.25) is 5.91 Å². The van der Waals surface area contributed by atoms with E-state index in [0.29, 0.717) is 12.8 Å². The van der Waals surface area contributed by atoms with E-state index in [2.05, 4.69) is 10.1 Å². The lowest BCUT2D eigenvalue weighted by Crippen LogP contribution is -2.51. The average Bonchev–Trinajstić information content (AvgIpc) is 2.84. The molecule has 3 N–H and O–H groups in total. The fourth-order valence-electron chi connectivity index (χ4n) is 2.46. The molecule has 0 aromatic heterocycles. The van der Waals surface area contributed by atoms with E-state index >= 15 is 0 Å². The number of carbonyl (C=O) groups is 1. The van der Waals surface area contributed by atoms with E-state index in [9.17, 15) is 18.0 Å². The van der Waals surface area contributed by atoms with Gasteiger partial charge in [-0.05, 0) is 18.9 Å². The molecule has 21 heavy (non-hydrogen) atoms. The van der Waals surface area contributed by atoms with E-state index in [-0.39, 0.29) is 23.8 Å². The quantitative estimate of drug-likeness (QED) is 0.898. The highest BCUT2D eigenvalue weighted by Crippen LogP contribution is 2.28. The van der Waals surface area contributed by atoms with Gasteiger partial charge in [0.05, 0.1) is 5.54 Å². The van der Waals surface area contributed by atoms with Gasteiger partial charge in [-0.15, -0.1) is 13.2 Å². The van der Waals surface area contributed by atoms with Gasteiger partial charge in [0.15, 0.2) is 0 Å². The maximum atomic E-state index is 12.3. The van der Waals surface area contributed by atoms with Crippen molar-refractivity contribution in [3.63, 3.8) is 0 Å². The molecule has 1 saturated carbocycles. The Morgan fingerprint density at radius 1 is 1.29 bits per heavy atom. The molecule has 1 fully saturated rings. The number of nitrogens with two attached hydrogens (primary N) is 1. The maximum Gasteiger partial charge on any atom is 0.573 e. The summed E-state index contributed by atoms with van der Waals surface area (Å²) in [5.74, 6) is -0.649. The topological polar surface area (TPSA) is 64.4 Å². The number of benzene rings is 1. The highest BCUT2D eigenvalue weighted by molar-refractivity contribution is 5.86. The third-order valence-electron chi connectivity index (χ3n) is 3.59. The van der Waals surface area contributed by atoms with Crippen LogP contribution in [-0.4, -0.2) is 17.8 Å². The standard InChI is InChI=1S/C14H17F3N2O2/c15-14(16,17)21-11-6-2-1-5-10(11)9-19-12(20)13(18)7-3-4-8-13/h1-2,5-6H,3-4,7-9,18H2,(H,19,20). The van der Waals surface area contributed by atoms with Crippen molar-refractivity contribution < 1.29 is 22.7 Å². The molecule has 7 heteroatoms. The summed E-state index contributed by atoms with van der Waals surface area (Å²) in [6.07, 6.45) is -1.80. The fourth-order valence-corrected chi connectivity index (χ4v) is 2.46. The second-order valence-corrected chi connectivity index (χ2v) is 5.20. The Bertz CT molecular complexity index is 511. The van der Waals surface area contributed by atoms with Crippen LogP contribution < -0.4 is 15.8 Å². The van der Waals surface area contributed by atoms with Gasteiger partial charge in [-0.25, -0.2) is 0 Å². The zero-order valence-corrected chi connectivity index (χ0v) is 11.4. The molecular weight excluding hydrogens is 285 g/mol. The van der Waals surface area contributed by atoms with Crippen LogP contribution in [0.1, 0.15) is 31.2 Å².